The summed E-state index contributed by atoms with van der Waals surface area (Å²) in [5.41, 5.74) is 1.71. The van der Waals surface area contributed by atoms with Crippen molar-refractivity contribution in [3.63, 3.8) is 0 Å². The quantitative estimate of drug-likeness (QED) is 0.529. The van der Waals surface area contributed by atoms with Gasteiger partial charge < -0.3 is 0 Å². The van der Waals surface area contributed by atoms with Crippen LogP contribution < -0.4 is 0 Å². The van der Waals surface area contributed by atoms with E-state index in [2.05, 4.69) is 20.8 Å². The van der Waals surface area contributed by atoms with Crippen LogP contribution in [0, 0.1) is 5.41 Å². The van der Waals surface area contributed by atoms with Gasteiger partial charge in [0.25, 0.3) is 5.78 Å². The molecule has 2 rings (SSSR count). The number of hydrogen-bond acceptors (Lipinski definition) is 3. The van der Waals surface area contributed by atoms with Gasteiger partial charge in [0, 0.05) is 5.56 Å². The van der Waals surface area contributed by atoms with E-state index in [1.165, 1.54) is 12.1 Å². The Bertz CT molecular complexity index is 777. The molecule has 0 amide bonds. The molecule has 138 valence electrons. The summed E-state index contributed by atoms with van der Waals surface area (Å²) < 4.78 is 39.0. The van der Waals surface area contributed by atoms with Gasteiger partial charge in [-0.2, -0.15) is 13.2 Å². The highest BCUT2D eigenvalue weighted by Crippen LogP contribution is 2.38. The summed E-state index contributed by atoms with van der Waals surface area (Å²) in [6, 6.07) is 14.9. The molecule has 1 N–H and O–H groups in total. The molecule has 0 radical (unpaired) electrons. The van der Waals surface area contributed by atoms with Crippen molar-refractivity contribution in [2.45, 2.75) is 37.6 Å². The van der Waals surface area contributed by atoms with E-state index >= 15 is 0 Å². The minimum atomic E-state index is -4.95. The number of hydrogen-bond donors (Lipinski definition) is 1. The molecule has 0 saturated carbocycles. The highest BCUT2D eigenvalue weighted by Gasteiger charge is 2.44. The Morgan fingerprint density at radius 2 is 1.50 bits per heavy atom. The van der Waals surface area contributed by atoms with E-state index in [9.17, 15) is 18.0 Å². The first kappa shape index (κ1) is 20.2. The number of ketones is 1. The van der Waals surface area contributed by atoms with Crippen molar-refractivity contribution in [3.05, 3.63) is 71.3 Å². The Labute approximate surface area is 155 Å². The van der Waals surface area contributed by atoms with Crippen LogP contribution in [0.1, 0.15) is 42.7 Å². The minimum Gasteiger partial charge on any atom is -0.293 e. The van der Waals surface area contributed by atoms with Crippen LogP contribution >= 0.6 is 11.8 Å². The van der Waals surface area contributed by atoms with Gasteiger partial charge >= 0.3 is 6.18 Å². The molecular weight excluding hydrogens is 359 g/mol. The van der Waals surface area contributed by atoms with Crippen LogP contribution in [0.2, 0.25) is 0 Å². The second-order valence-corrected chi connectivity index (χ2v) is 8.04. The van der Waals surface area contributed by atoms with Crippen molar-refractivity contribution in [3.8, 4) is 0 Å². The van der Waals surface area contributed by atoms with Gasteiger partial charge in [-0.15, -0.1) is 0 Å². The van der Waals surface area contributed by atoms with Crippen molar-refractivity contribution in [1.29, 1.82) is 5.41 Å². The van der Waals surface area contributed by atoms with E-state index in [1.54, 1.807) is 30.3 Å². The lowest BCUT2D eigenvalue weighted by Crippen LogP contribution is -2.28. The highest BCUT2D eigenvalue weighted by atomic mass is 32.2. The van der Waals surface area contributed by atoms with Crippen LogP contribution in [0.5, 0.6) is 0 Å². The molecule has 0 spiro atoms. The van der Waals surface area contributed by atoms with Crippen molar-refractivity contribution in [2.75, 3.05) is 0 Å². The van der Waals surface area contributed by atoms with Crippen LogP contribution in [0.15, 0.2) is 54.6 Å². The van der Waals surface area contributed by atoms with Crippen LogP contribution in [-0.4, -0.2) is 17.0 Å². The molecular formula is C20H20F3NOS. The first-order chi connectivity index (χ1) is 12.0. The first-order valence-corrected chi connectivity index (χ1v) is 8.90. The summed E-state index contributed by atoms with van der Waals surface area (Å²) in [5, 5.41) is 6.61. The van der Waals surface area contributed by atoms with E-state index in [4.69, 9.17) is 5.41 Å². The number of nitrogens with one attached hydrogen (secondary N) is 1. The maximum absolute atomic E-state index is 13.0. The van der Waals surface area contributed by atoms with Gasteiger partial charge in [-0.3, -0.25) is 10.2 Å². The molecule has 2 aromatic carbocycles. The monoisotopic (exact) mass is 379 g/mol. The number of halogens is 3. The third-order valence-corrected chi connectivity index (χ3v) is 5.06. The predicted octanol–water partition coefficient (Wildman–Crippen LogP) is 5.92. The zero-order valence-electron chi connectivity index (χ0n) is 14.7. The topological polar surface area (TPSA) is 40.9 Å². The summed E-state index contributed by atoms with van der Waals surface area (Å²) in [4.78, 5) is 11.9. The fourth-order valence-electron chi connectivity index (χ4n) is 2.36. The molecule has 0 unspecified atom stereocenters. The Balaban J connectivity index is 2.28. The predicted molar refractivity (Wildman–Crippen MR) is 99.8 cm³/mol. The van der Waals surface area contributed by atoms with E-state index in [0.29, 0.717) is 17.3 Å². The summed E-state index contributed by atoms with van der Waals surface area (Å²) in [7, 11) is 0. The molecule has 2 nitrogen and oxygen atoms in total. The van der Waals surface area contributed by atoms with E-state index < -0.39 is 17.2 Å². The Hall–Kier alpha value is -2.08. The van der Waals surface area contributed by atoms with Crippen molar-refractivity contribution < 1.29 is 18.0 Å². The van der Waals surface area contributed by atoms with Gasteiger partial charge in [-0.05, 0) is 16.5 Å². The fraction of sp³-hybridized carbons (Fsp3) is 0.300. The number of benzene rings is 2. The Morgan fingerprint density at radius 1 is 0.962 bits per heavy atom. The second kappa shape index (κ2) is 7.66. The molecule has 0 fully saturated rings. The standard InChI is InChI=1S/C20H20F3NOS/c1-19(2,3)15-11-9-14(10-12-15)18(24)26-16(17(25)20(21,22)23)13-7-5-4-6-8-13/h4-12,16,24H,1-3H3/t16-/m0/s1. The molecule has 0 aliphatic rings. The molecule has 0 bridgehead atoms. The summed E-state index contributed by atoms with van der Waals surface area (Å²) in [6.07, 6.45) is -4.95. The molecule has 2 aromatic rings. The second-order valence-electron chi connectivity index (χ2n) is 6.93. The number of carbonyl (C=O) groups is 1. The fourth-order valence-corrected chi connectivity index (χ4v) is 3.40. The van der Waals surface area contributed by atoms with Gasteiger partial charge in [-0.25, -0.2) is 0 Å². The number of thioether (sulfide) groups is 1. The largest absolute Gasteiger partial charge is 0.451 e. The number of rotatable bonds is 4. The van der Waals surface area contributed by atoms with Crippen LogP contribution in [0.3, 0.4) is 0 Å². The van der Waals surface area contributed by atoms with Gasteiger partial charge in [-0.1, -0.05) is 87.1 Å². The maximum atomic E-state index is 13.0. The lowest BCUT2D eigenvalue weighted by atomic mass is 9.87. The van der Waals surface area contributed by atoms with Crippen LogP contribution in [0.4, 0.5) is 13.2 Å². The van der Waals surface area contributed by atoms with Crippen molar-refractivity contribution >= 4 is 22.6 Å². The summed E-state index contributed by atoms with van der Waals surface area (Å²) >= 11 is 0.613. The third-order valence-electron chi connectivity index (χ3n) is 3.87. The highest BCUT2D eigenvalue weighted by molar-refractivity contribution is 8.15. The Kier molecular flexibility index (Phi) is 5.96. The summed E-state index contributed by atoms with van der Waals surface area (Å²) in [5.74, 6) is -1.86. The molecule has 26 heavy (non-hydrogen) atoms. The molecule has 1 atom stereocenters. The minimum absolute atomic E-state index is 0.0628. The average Bonchev–Trinajstić information content (AvgIpc) is 2.58. The molecule has 0 heterocycles. The molecule has 0 aliphatic carbocycles. The van der Waals surface area contributed by atoms with Crippen molar-refractivity contribution in [1.82, 2.24) is 0 Å². The van der Waals surface area contributed by atoms with Crippen molar-refractivity contribution in [2.24, 2.45) is 0 Å². The zero-order valence-corrected chi connectivity index (χ0v) is 15.5. The van der Waals surface area contributed by atoms with E-state index in [0.717, 1.165) is 5.56 Å². The molecule has 6 heteroatoms. The smallest absolute Gasteiger partial charge is 0.293 e. The number of Topliss-reactive ketones (excluding diaryl/α,β-unsaturated/α-hetero) is 1. The Morgan fingerprint density at radius 3 is 1.96 bits per heavy atom. The van der Waals surface area contributed by atoms with Gasteiger partial charge in [0.05, 0.1) is 5.04 Å². The van der Waals surface area contributed by atoms with E-state index in [1.807, 2.05) is 12.1 Å². The van der Waals surface area contributed by atoms with E-state index in [-0.39, 0.29) is 16.0 Å². The molecule has 0 aliphatic heterocycles. The lowest BCUT2D eigenvalue weighted by Gasteiger charge is -2.20. The van der Waals surface area contributed by atoms with Gasteiger partial charge in [0.15, 0.2) is 0 Å². The van der Waals surface area contributed by atoms with Gasteiger partial charge in [0.1, 0.15) is 5.25 Å². The number of carbonyl (C=O) groups excluding carboxylic acids is 1. The maximum Gasteiger partial charge on any atom is 0.451 e. The first-order valence-electron chi connectivity index (χ1n) is 8.02. The van der Waals surface area contributed by atoms with Crippen LogP contribution in [0.25, 0.3) is 0 Å². The average molecular weight is 379 g/mol. The molecule has 0 aromatic heterocycles. The SMILES string of the molecule is CC(C)(C)c1ccc(C(=N)S[C@H](C(=O)C(F)(F)F)c2ccccc2)cc1. The number of alkyl halides is 3. The normalized spacial score (nSPS) is 13.3. The van der Waals surface area contributed by atoms with Crippen LogP contribution in [-0.2, 0) is 10.2 Å². The molecule has 0 saturated heterocycles. The zero-order chi connectivity index (χ0) is 19.5. The van der Waals surface area contributed by atoms with Gasteiger partial charge in [0.2, 0.25) is 0 Å². The summed E-state index contributed by atoms with van der Waals surface area (Å²) in [6.45, 7) is 6.15. The third kappa shape index (κ3) is 4.97. The lowest BCUT2D eigenvalue weighted by molar-refractivity contribution is -0.170.